The van der Waals surface area contributed by atoms with E-state index in [0.29, 0.717) is 0 Å². The molecule has 0 heterocycles. The Morgan fingerprint density at radius 3 is 2.36 bits per heavy atom. The summed E-state index contributed by atoms with van der Waals surface area (Å²) in [4.78, 5) is 0. The number of hydrogen-bond donors (Lipinski definition) is 0. The first-order valence-corrected chi connectivity index (χ1v) is 9.40. The highest BCUT2D eigenvalue weighted by molar-refractivity contribution is 6.57. The van der Waals surface area contributed by atoms with Gasteiger partial charge in [-0.25, -0.2) is 0 Å². The fraction of sp³-hybridized carbons (Fsp3) is 0.300. The van der Waals surface area contributed by atoms with Crippen LogP contribution in [-0.4, -0.2) is 16.4 Å². The van der Waals surface area contributed by atoms with E-state index in [4.69, 9.17) is 4.43 Å². The van der Waals surface area contributed by atoms with Crippen LogP contribution in [0.25, 0.3) is 11.3 Å². The summed E-state index contributed by atoms with van der Waals surface area (Å²) in [6.45, 7) is 7.44. The molecule has 2 aromatic carbocycles. The van der Waals surface area contributed by atoms with Gasteiger partial charge in [0.05, 0.1) is 0 Å². The van der Waals surface area contributed by atoms with Gasteiger partial charge in [0.1, 0.15) is 0 Å². The standard InChI is InChI=1S/C20H26OSi/c1-4-5-14-21-22-20(19-13-9-7-11-17(19)3)15-18-12-8-6-10-16(18)2/h6-13,15H,4-5,14,22H2,1-3H3. The number of hydrogen-bond acceptors (Lipinski definition) is 1. The molecule has 0 radical (unpaired) electrons. The van der Waals surface area contributed by atoms with Crippen molar-refractivity contribution in [3.05, 3.63) is 70.8 Å². The largest absolute Gasteiger partial charge is 0.419 e. The molecule has 2 rings (SSSR count). The molecule has 2 heteroatoms. The van der Waals surface area contributed by atoms with E-state index in [9.17, 15) is 0 Å². The van der Waals surface area contributed by atoms with Crippen molar-refractivity contribution in [1.82, 2.24) is 0 Å². The molecular weight excluding hydrogens is 284 g/mol. The molecule has 0 aliphatic carbocycles. The summed E-state index contributed by atoms with van der Waals surface area (Å²) in [5.41, 5.74) is 5.28. The number of benzene rings is 2. The lowest BCUT2D eigenvalue weighted by atomic mass is 10.0. The van der Waals surface area contributed by atoms with Gasteiger partial charge >= 0.3 is 0 Å². The van der Waals surface area contributed by atoms with Gasteiger partial charge in [0.25, 0.3) is 0 Å². The summed E-state index contributed by atoms with van der Waals surface area (Å²) in [6, 6.07) is 17.2. The molecule has 0 spiro atoms. The quantitative estimate of drug-likeness (QED) is 0.409. The maximum Gasteiger partial charge on any atom is 0.192 e. The highest BCUT2D eigenvalue weighted by Gasteiger charge is 2.07. The van der Waals surface area contributed by atoms with Crippen LogP contribution >= 0.6 is 0 Å². The predicted octanol–water partition coefficient (Wildman–Crippen LogP) is 4.70. The average Bonchev–Trinajstić information content (AvgIpc) is 2.53. The zero-order chi connectivity index (χ0) is 15.8. The molecule has 2 aromatic rings. The first-order valence-electron chi connectivity index (χ1n) is 8.12. The van der Waals surface area contributed by atoms with Crippen molar-refractivity contribution < 1.29 is 4.43 Å². The minimum absolute atomic E-state index is 0.713. The summed E-state index contributed by atoms with van der Waals surface area (Å²) < 4.78 is 6.03. The van der Waals surface area contributed by atoms with Crippen LogP contribution in [0.5, 0.6) is 0 Å². The third kappa shape index (κ3) is 4.69. The summed E-state index contributed by atoms with van der Waals surface area (Å²) in [5, 5.41) is 1.39. The Labute approximate surface area is 137 Å². The second kappa shape index (κ2) is 8.72. The molecule has 0 aromatic heterocycles. The van der Waals surface area contributed by atoms with Gasteiger partial charge in [-0.1, -0.05) is 68.0 Å². The molecule has 0 atom stereocenters. The molecule has 0 unspecified atom stereocenters. The Balaban J connectivity index is 2.29. The Hall–Kier alpha value is -1.64. The van der Waals surface area contributed by atoms with Crippen molar-refractivity contribution in [3.63, 3.8) is 0 Å². The van der Waals surface area contributed by atoms with Crippen molar-refractivity contribution >= 4 is 21.0 Å². The third-order valence-corrected chi connectivity index (χ3v) is 5.30. The van der Waals surface area contributed by atoms with Gasteiger partial charge in [0.15, 0.2) is 9.76 Å². The average molecular weight is 311 g/mol. The summed E-state index contributed by atoms with van der Waals surface area (Å²) in [7, 11) is -0.713. The van der Waals surface area contributed by atoms with E-state index in [1.165, 1.54) is 33.9 Å². The van der Waals surface area contributed by atoms with Gasteiger partial charge in [-0.3, -0.25) is 0 Å². The molecule has 116 valence electrons. The van der Waals surface area contributed by atoms with E-state index in [-0.39, 0.29) is 0 Å². The molecule has 0 aliphatic heterocycles. The lowest BCUT2D eigenvalue weighted by Crippen LogP contribution is -2.05. The van der Waals surface area contributed by atoms with Crippen LogP contribution in [0.1, 0.15) is 42.0 Å². The lowest BCUT2D eigenvalue weighted by molar-refractivity contribution is 0.332. The number of unbranched alkanes of at least 4 members (excludes halogenated alkanes) is 1. The Morgan fingerprint density at radius 1 is 1.00 bits per heavy atom. The van der Waals surface area contributed by atoms with E-state index in [2.05, 4.69) is 75.4 Å². The maximum atomic E-state index is 6.03. The van der Waals surface area contributed by atoms with Gasteiger partial charge in [0, 0.05) is 6.61 Å². The first kappa shape index (κ1) is 16.7. The Bertz CT molecular complexity index is 631. The third-order valence-electron chi connectivity index (χ3n) is 3.91. The minimum atomic E-state index is -0.713. The lowest BCUT2D eigenvalue weighted by Gasteiger charge is -2.12. The van der Waals surface area contributed by atoms with E-state index in [1.54, 1.807) is 0 Å². The van der Waals surface area contributed by atoms with Gasteiger partial charge < -0.3 is 4.43 Å². The van der Waals surface area contributed by atoms with Crippen molar-refractivity contribution in [2.24, 2.45) is 0 Å². The number of rotatable bonds is 7. The van der Waals surface area contributed by atoms with E-state index >= 15 is 0 Å². The smallest absolute Gasteiger partial charge is 0.192 e. The molecule has 22 heavy (non-hydrogen) atoms. The summed E-state index contributed by atoms with van der Waals surface area (Å²) >= 11 is 0. The second-order valence-electron chi connectivity index (χ2n) is 5.75. The molecule has 0 saturated carbocycles. The second-order valence-corrected chi connectivity index (χ2v) is 7.21. The fourth-order valence-corrected chi connectivity index (χ4v) is 3.92. The van der Waals surface area contributed by atoms with Crippen LogP contribution in [0.3, 0.4) is 0 Å². The topological polar surface area (TPSA) is 9.23 Å². The molecular formula is C20H26OSi. The van der Waals surface area contributed by atoms with Crippen LogP contribution < -0.4 is 0 Å². The Kier molecular flexibility index (Phi) is 6.62. The molecule has 1 nitrogen and oxygen atoms in total. The highest BCUT2D eigenvalue weighted by atomic mass is 28.2. The molecule has 0 aliphatic rings. The summed E-state index contributed by atoms with van der Waals surface area (Å²) in [5.74, 6) is 0. The van der Waals surface area contributed by atoms with Crippen molar-refractivity contribution in [2.45, 2.75) is 33.6 Å². The van der Waals surface area contributed by atoms with Crippen LogP contribution in [-0.2, 0) is 4.43 Å². The van der Waals surface area contributed by atoms with E-state index in [1.807, 2.05) is 0 Å². The maximum absolute atomic E-state index is 6.03. The monoisotopic (exact) mass is 310 g/mol. The van der Waals surface area contributed by atoms with Crippen LogP contribution in [0, 0.1) is 13.8 Å². The molecule has 0 N–H and O–H groups in total. The predicted molar refractivity (Wildman–Crippen MR) is 99.6 cm³/mol. The van der Waals surface area contributed by atoms with Crippen LogP contribution in [0.4, 0.5) is 0 Å². The molecule has 0 amide bonds. The normalized spacial score (nSPS) is 12.2. The zero-order valence-electron chi connectivity index (χ0n) is 13.9. The minimum Gasteiger partial charge on any atom is -0.419 e. The fourth-order valence-electron chi connectivity index (χ4n) is 2.50. The van der Waals surface area contributed by atoms with Crippen molar-refractivity contribution in [1.29, 1.82) is 0 Å². The number of aryl methyl sites for hydroxylation is 2. The van der Waals surface area contributed by atoms with Gasteiger partial charge in [-0.15, -0.1) is 0 Å². The van der Waals surface area contributed by atoms with Crippen LogP contribution in [0.15, 0.2) is 48.5 Å². The summed E-state index contributed by atoms with van der Waals surface area (Å²) in [6.07, 6.45) is 4.67. The first-order chi connectivity index (χ1) is 10.7. The van der Waals surface area contributed by atoms with Gasteiger partial charge in [0.2, 0.25) is 0 Å². The molecule has 0 fully saturated rings. The van der Waals surface area contributed by atoms with Crippen LogP contribution in [0.2, 0.25) is 0 Å². The molecule has 0 saturated heterocycles. The van der Waals surface area contributed by atoms with Crippen molar-refractivity contribution in [2.75, 3.05) is 6.61 Å². The van der Waals surface area contributed by atoms with Crippen molar-refractivity contribution in [3.8, 4) is 0 Å². The van der Waals surface area contributed by atoms with Gasteiger partial charge in [-0.2, -0.15) is 0 Å². The molecule has 0 bridgehead atoms. The van der Waals surface area contributed by atoms with Gasteiger partial charge in [-0.05, 0) is 47.7 Å². The SMILES string of the molecule is CCCCO[SiH2]C(=Cc1ccccc1C)c1ccccc1C. The highest BCUT2D eigenvalue weighted by Crippen LogP contribution is 2.22. The van der Waals surface area contributed by atoms with E-state index < -0.39 is 9.76 Å². The zero-order valence-corrected chi connectivity index (χ0v) is 15.3. The Morgan fingerprint density at radius 2 is 1.68 bits per heavy atom. The van der Waals surface area contributed by atoms with E-state index in [0.717, 1.165) is 13.0 Å².